The van der Waals surface area contributed by atoms with Crippen LogP contribution >= 0.6 is 0 Å². The van der Waals surface area contributed by atoms with Crippen LogP contribution in [0.15, 0.2) is 42.6 Å². The maximum Gasteiger partial charge on any atom is 0.0480 e. The minimum atomic E-state index is 0.524. The zero-order valence-corrected chi connectivity index (χ0v) is 12.2. The predicted molar refractivity (Wildman–Crippen MR) is 83.3 cm³/mol. The molecule has 1 heterocycles. The van der Waals surface area contributed by atoms with Gasteiger partial charge in [0.1, 0.15) is 0 Å². The number of fused-ring (bicyclic) bond motifs is 1. The Morgan fingerprint density at radius 1 is 1.32 bits per heavy atom. The first kappa shape index (κ1) is 13.9. The monoisotopic (exact) mass is 256 g/mol. The number of nitrogens with one attached hydrogen (secondary N) is 1. The molecule has 0 unspecified atom stereocenters. The number of benzene rings is 1. The first-order valence-electron chi connectivity index (χ1n) is 7.02. The molecule has 0 aliphatic carbocycles. The van der Waals surface area contributed by atoms with E-state index in [1.54, 1.807) is 0 Å². The fourth-order valence-corrected chi connectivity index (χ4v) is 2.19. The molecule has 1 aromatic carbocycles. The molecule has 0 spiro atoms. The number of aromatic nitrogens is 1. The number of hydrogen-bond acceptors (Lipinski definition) is 1. The van der Waals surface area contributed by atoms with Crippen LogP contribution in [0.2, 0.25) is 0 Å². The van der Waals surface area contributed by atoms with Crippen LogP contribution in [-0.2, 0) is 13.1 Å². The van der Waals surface area contributed by atoms with Crippen molar-refractivity contribution in [3.05, 3.63) is 48.2 Å². The summed E-state index contributed by atoms with van der Waals surface area (Å²) < 4.78 is 2.31. The second kappa shape index (κ2) is 6.07. The van der Waals surface area contributed by atoms with Crippen molar-refractivity contribution in [3.8, 4) is 0 Å². The van der Waals surface area contributed by atoms with E-state index in [4.69, 9.17) is 0 Å². The summed E-state index contributed by atoms with van der Waals surface area (Å²) in [5.74, 6) is 0. The average Bonchev–Trinajstić information content (AvgIpc) is 2.76. The Bertz CT molecular complexity index is 564. The number of allylic oxidation sites excluding steroid dienone is 1. The van der Waals surface area contributed by atoms with Crippen LogP contribution in [0.25, 0.3) is 10.9 Å². The topological polar surface area (TPSA) is 17.0 Å². The Hall–Kier alpha value is -1.54. The van der Waals surface area contributed by atoms with Gasteiger partial charge >= 0.3 is 0 Å². The second-order valence-corrected chi connectivity index (χ2v) is 5.65. The minimum Gasteiger partial charge on any atom is -0.347 e. The number of hydrogen-bond donors (Lipinski definition) is 1. The van der Waals surface area contributed by atoms with E-state index in [1.165, 1.54) is 22.0 Å². The van der Waals surface area contributed by atoms with Gasteiger partial charge in [0.25, 0.3) is 0 Å². The molecule has 0 amide bonds. The highest BCUT2D eigenvalue weighted by atomic mass is 14.9. The lowest BCUT2D eigenvalue weighted by atomic mass is 10.1. The molecule has 0 radical (unpaired) electrons. The maximum atomic E-state index is 3.97. The molecule has 2 aromatic rings. The Balaban J connectivity index is 2.14. The molecule has 0 atom stereocenters. The molecule has 0 saturated heterocycles. The zero-order chi connectivity index (χ0) is 13.8. The van der Waals surface area contributed by atoms with E-state index in [-0.39, 0.29) is 0 Å². The van der Waals surface area contributed by atoms with Gasteiger partial charge in [0, 0.05) is 30.8 Å². The summed E-state index contributed by atoms with van der Waals surface area (Å²) in [6.07, 6.45) is 3.22. The maximum absolute atomic E-state index is 3.97. The van der Waals surface area contributed by atoms with Crippen LogP contribution in [0.5, 0.6) is 0 Å². The molecule has 2 heteroatoms. The zero-order valence-electron chi connectivity index (χ0n) is 12.2. The third-order valence-corrected chi connectivity index (χ3v) is 3.33. The fourth-order valence-electron chi connectivity index (χ4n) is 2.19. The molecule has 0 bridgehead atoms. The summed E-state index contributed by atoms with van der Waals surface area (Å²) >= 11 is 0. The van der Waals surface area contributed by atoms with Gasteiger partial charge in [-0.1, -0.05) is 25.5 Å². The van der Waals surface area contributed by atoms with Crippen molar-refractivity contribution in [2.24, 2.45) is 0 Å². The lowest BCUT2D eigenvalue weighted by Crippen LogP contribution is -2.21. The highest BCUT2D eigenvalue weighted by Gasteiger charge is 2.03. The van der Waals surface area contributed by atoms with E-state index < -0.39 is 0 Å². The van der Waals surface area contributed by atoms with Gasteiger partial charge < -0.3 is 9.88 Å². The molecule has 0 aliphatic rings. The third kappa shape index (κ3) is 3.71. The Kier molecular flexibility index (Phi) is 4.43. The largest absolute Gasteiger partial charge is 0.347 e. The first-order valence-corrected chi connectivity index (χ1v) is 7.02. The van der Waals surface area contributed by atoms with Crippen molar-refractivity contribution < 1.29 is 0 Å². The highest BCUT2D eigenvalue weighted by molar-refractivity contribution is 5.80. The molecule has 102 valence electrons. The molecule has 1 aromatic heterocycles. The van der Waals surface area contributed by atoms with Gasteiger partial charge in [0.05, 0.1) is 0 Å². The van der Waals surface area contributed by atoms with Crippen molar-refractivity contribution in [2.75, 3.05) is 0 Å². The van der Waals surface area contributed by atoms with E-state index in [2.05, 4.69) is 67.7 Å². The lowest BCUT2D eigenvalue weighted by Gasteiger charge is -2.09. The molecule has 0 saturated carbocycles. The Morgan fingerprint density at radius 3 is 2.79 bits per heavy atom. The van der Waals surface area contributed by atoms with Crippen molar-refractivity contribution in [1.82, 2.24) is 9.88 Å². The summed E-state index contributed by atoms with van der Waals surface area (Å²) in [5.41, 5.74) is 3.90. The third-order valence-electron chi connectivity index (χ3n) is 3.33. The molecule has 1 N–H and O–H groups in total. The lowest BCUT2D eigenvalue weighted by molar-refractivity contribution is 0.589. The van der Waals surface area contributed by atoms with Gasteiger partial charge in [-0.05, 0) is 42.5 Å². The minimum absolute atomic E-state index is 0.524. The standard InChI is InChI=1S/C17H24N2/c1-13(2)7-9-19-10-8-16-11-15(5-6-17(16)19)12-18-14(3)4/h5-6,8,10-11,14,18H,1,7,9,12H2,2-4H3. The second-order valence-electron chi connectivity index (χ2n) is 5.65. The average molecular weight is 256 g/mol. The Morgan fingerprint density at radius 2 is 2.11 bits per heavy atom. The van der Waals surface area contributed by atoms with Gasteiger partial charge in [-0.25, -0.2) is 0 Å². The summed E-state index contributed by atoms with van der Waals surface area (Å²) in [5, 5.41) is 4.78. The highest BCUT2D eigenvalue weighted by Crippen LogP contribution is 2.18. The van der Waals surface area contributed by atoms with E-state index in [1.807, 2.05) is 0 Å². The molecular formula is C17H24N2. The summed E-state index contributed by atoms with van der Waals surface area (Å²) in [7, 11) is 0. The van der Waals surface area contributed by atoms with Crippen LogP contribution in [0.1, 0.15) is 32.8 Å². The first-order chi connectivity index (χ1) is 9.06. The molecule has 2 nitrogen and oxygen atoms in total. The molecular weight excluding hydrogens is 232 g/mol. The van der Waals surface area contributed by atoms with Crippen molar-refractivity contribution >= 4 is 10.9 Å². The van der Waals surface area contributed by atoms with Gasteiger partial charge in [-0.2, -0.15) is 0 Å². The van der Waals surface area contributed by atoms with Crippen molar-refractivity contribution in [1.29, 1.82) is 0 Å². The van der Waals surface area contributed by atoms with E-state index >= 15 is 0 Å². The number of rotatable bonds is 6. The van der Waals surface area contributed by atoms with Crippen LogP contribution in [0.4, 0.5) is 0 Å². The SMILES string of the molecule is C=C(C)CCn1ccc2cc(CNC(C)C)ccc21. The fraction of sp³-hybridized carbons (Fsp3) is 0.412. The normalized spacial score (nSPS) is 11.4. The summed E-state index contributed by atoms with van der Waals surface area (Å²) in [6, 6.07) is 9.45. The van der Waals surface area contributed by atoms with Crippen molar-refractivity contribution in [2.45, 2.75) is 46.3 Å². The van der Waals surface area contributed by atoms with Gasteiger partial charge in [-0.3, -0.25) is 0 Å². The molecule has 0 aliphatic heterocycles. The van der Waals surface area contributed by atoms with Crippen molar-refractivity contribution in [3.63, 3.8) is 0 Å². The van der Waals surface area contributed by atoms with E-state index in [9.17, 15) is 0 Å². The van der Waals surface area contributed by atoms with Gasteiger partial charge in [0.2, 0.25) is 0 Å². The molecule has 2 rings (SSSR count). The Labute approximate surface area is 116 Å². The van der Waals surface area contributed by atoms with Crippen LogP contribution in [-0.4, -0.2) is 10.6 Å². The van der Waals surface area contributed by atoms with Crippen LogP contribution in [0, 0.1) is 0 Å². The van der Waals surface area contributed by atoms with Gasteiger partial charge in [-0.15, -0.1) is 6.58 Å². The van der Waals surface area contributed by atoms with E-state index in [0.29, 0.717) is 6.04 Å². The van der Waals surface area contributed by atoms with E-state index in [0.717, 1.165) is 19.5 Å². The molecule has 0 fully saturated rings. The van der Waals surface area contributed by atoms with Gasteiger partial charge in [0.15, 0.2) is 0 Å². The smallest absolute Gasteiger partial charge is 0.0480 e. The molecule has 19 heavy (non-hydrogen) atoms. The van der Waals surface area contributed by atoms with Crippen LogP contribution in [0.3, 0.4) is 0 Å². The number of nitrogens with zero attached hydrogens (tertiary/aromatic N) is 1. The quantitative estimate of drug-likeness (QED) is 0.770. The summed E-state index contributed by atoms with van der Waals surface area (Å²) in [6.45, 7) is 12.4. The predicted octanol–water partition coefficient (Wildman–Crippen LogP) is 4.11. The number of aryl methyl sites for hydroxylation is 1. The summed E-state index contributed by atoms with van der Waals surface area (Å²) in [4.78, 5) is 0. The van der Waals surface area contributed by atoms with Crippen LogP contribution < -0.4 is 5.32 Å².